The third kappa shape index (κ3) is 5.07. The minimum absolute atomic E-state index is 0. The number of aromatic nitrogens is 3. The first-order chi connectivity index (χ1) is 11.8. The van der Waals surface area contributed by atoms with Crippen molar-refractivity contribution in [2.45, 2.75) is 12.8 Å². The molecule has 0 aliphatic carbocycles. The van der Waals surface area contributed by atoms with Crippen LogP contribution in [-0.2, 0) is 0 Å². The van der Waals surface area contributed by atoms with E-state index in [4.69, 9.17) is 9.84 Å². The molecule has 25 heavy (non-hydrogen) atoms. The molecule has 0 amide bonds. The summed E-state index contributed by atoms with van der Waals surface area (Å²) in [5.74, 6) is 2.37. The number of nitrogens with one attached hydrogen (secondary N) is 2. The van der Waals surface area contributed by atoms with Crippen LogP contribution in [0.5, 0.6) is 5.75 Å². The average molecular weight is 367 g/mol. The van der Waals surface area contributed by atoms with Crippen molar-refractivity contribution in [1.82, 2.24) is 15.0 Å². The number of methoxy groups -OCH3 is 1. The van der Waals surface area contributed by atoms with Gasteiger partial charge >= 0.3 is 0 Å². The van der Waals surface area contributed by atoms with E-state index in [0.29, 0.717) is 24.4 Å². The van der Waals surface area contributed by atoms with Gasteiger partial charge in [-0.3, -0.25) is 0 Å². The fourth-order valence-electron chi connectivity index (χ4n) is 2.53. The van der Waals surface area contributed by atoms with E-state index in [1.807, 2.05) is 24.3 Å². The normalized spacial score (nSPS) is 13.3. The smallest absolute Gasteiger partial charge is 0.233 e. The van der Waals surface area contributed by atoms with E-state index in [0.717, 1.165) is 37.4 Å². The SMILES string of the molecule is COc1ccc(Nc2nc(NCCO)nc(N3CCCC3)n2)cc1.Cl. The Balaban J connectivity index is 0.00000225. The number of aliphatic hydroxyl groups excluding tert-OH is 1. The molecule has 0 saturated carbocycles. The highest BCUT2D eigenvalue weighted by Crippen LogP contribution is 2.22. The minimum Gasteiger partial charge on any atom is -0.497 e. The van der Waals surface area contributed by atoms with Gasteiger partial charge in [0.15, 0.2) is 0 Å². The summed E-state index contributed by atoms with van der Waals surface area (Å²) in [4.78, 5) is 15.5. The maximum Gasteiger partial charge on any atom is 0.233 e. The second kappa shape index (κ2) is 9.24. The lowest BCUT2D eigenvalue weighted by Crippen LogP contribution is -2.22. The van der Waals surface area contributed by atoms with Crippen molar-refractivity contribution in [3.8, 4) is 5.75 Å². The number of hydrogen-bond acceptors (Lipinski definition) is 8. The average Bonchev–Trinajstić information content (AvgIpc) is 3.15. The molecule has 9 heteroatoms. The molecule has 0 spiro atoms. The fraction of sp³-hybridized carbons (Fsp3) is 0.438. The number of rotatable bonds is 7. The third-order valence-corrected chi connectivity index (χ3v) is 3.75. The molecule has 0 unspecified atom stereocenters. The zero-order chi connectivity index (χ0) is 16.8. The summed E-state index contributed by atoms with van der Waals surface area (Å²) in [7, 11) is 1.63. The lowest BCUT2D eigenvalue weighted by Gasteiger charge is -2.17. The van der Waals surface area contributed by atoms with Gasteiger partial charge in [0.05, 0.1) is 13.7 Å². The maximum atomic E-state index is 8.99. The van der Waals surface area contributed by atoms with Gasteiger partial charge in [0, 0.05) is 25.3 Å². The lowest BCUT2D eigenvalue weighted by molar-refractivity contribution is 0.311. The van der Waals surface area contributed by atoms with E-state index >= 15 is 0 Å². The predicted octanol–water partition coefficient (Wildman–Crippen LogP) is 2.05. The molecule has 8 nitrogen and oxygen atoms in total. The zero-order valence-electron chi connectivity index (χ0n) is 14.1. The number of halogens is 1. The van der Waals surface area contributed by atoms with Crippen LogP contribution in [0.2, 0.25) is 0 Å². The monoisotopic (exact) mass is 366 g/mol. The number of hydrogen-bond donors (Lipinski definition) is 3. The Morgan fingerprint density at radius 1 is 1.08 bits per heavy atom. The van der Waals surface area contributed by atoms with E-state index in [-0.39, 0.29) is 19.0 Å². The fourth-order valence-corrected chi connectivity index (χ4v) is 2.53. The Morgan fingerprint density at radius 3 is 2.40 bits per heavy atom. The molecule has 2 aromatic rings. The van der Waals surface area contributed by atoms with Crippen molar-refractivity contribution >= 4 is 35.9 Å². The second-order valence-corrected chi connectivity index (χ2v) is 5.48. The van der Waals surface area contributed by atoms with E-state index < -0.39 is 0 Å². The van der Waals surface area contributed by atoms with Gasteiger partial charge in [0.1, 0.15) is 5.75 Å². The molecule has 3 N–H and O–H groups in total. The minimum atomic E-state index is 0. The quantitative estimate of drug-likeness (QED) is 0.685. The summed E-state index contributed by atoms with van der Waals surface area (Å²) < 4.78 is 5.16. The Morgan fingerprint density at radius 2 is 1.76 bits per heavy atom. The molecule has 1 aliphatic heterocycles. The summed E-state index contributed by atoms with van der Waals surface area (Å²) in [6, 6.07) is 7.55. The van der Waals surface area contributed by atoms with Crippen molar-refractivity contribution in [3.63, 3.8) is 0 Å². The molecular weight excluding hydrogens is 344 g/mol. The van der Waals surface area contributed by atoms with Crippen molar-refractivity contribution in [2.24, 2.45) is 0 Å². The van der Waals surface area contributed by atoms with Crippen molar-refractivity contribution < 1.29 is 9.84 Å². The molecule has 1 saturated heterocycles. The highest BCUT2D eigenvalue weighted by molar-refractivity contribution is 5.85. The molecule has 0 bridgehead atoms. The number of nitrogens with zero attached hydrogens (tertiary/aromatic N) is 4. The molecule has 1 aromatic carbocycles. The van der Waals surface area contributed by atoms with Crippen LogP contribution in [0, 0.1) is 0 Å². The molecule has 1 fully saturated rings. The van der Waals surface area contributed by atoms with Crippen molar-refractivity contribution in [3.05, 3.63) is 24.3 Å². The van der Waals surface area contributed by atoms with Gasteiger partial charge in [-0.1, -0.05) is 0 Å². The molecule has 0 radical (unpaired) electrons. The Hall–Kier alpha value is -2.32. The van der Waals surface area contributed by atoms with E-state index in [1.165, 1.54) is 0 Å². The summed E-state index contributed by atoms with van der Waals surface area (Å²) in [5.41, 5.74) is 0.863. The molecule has 0 atom stereocenters. The standard InChI is InChI=1S/C16H22N6O2.ClH/c1-24-13-6-4-12(5-7-13)18-15-19-14(17-8-11-23)20-16(21-15)22-9-2-3-10-22;/h4-7,23H,2-3,8-11H2,1H3,(H2,17,18,19,20,21);1H. The van der Waals surface area contributed by atoms with Gasteiger partial charge in [-0.2, -0.15) is 15.0 Å². The highest BCUT2D eigenvalue weighted by Gasteiger charge is 2.17. The Bertz CT molecular complexity index is 664. The van der Waals surface area contributed by atoms with Gasteiger partial charge in [0.25, 0.3) is 0 Å². The van der Waals surface area contributed by atoms with Crippen molar-refractivity contribution in [2.75, 3.05) is 48.9 Å². The molecule has 136 valence electrons. The number of anilines is 4. The first-order valence-corrected chi connectivity index (χ1v) is 8.05. The summed E-state index contributed by atoms with van der Waals surface area (Å²) in [6.07, 6.45) is 2.29. The number of benzene rings is 1. The Kier molecular flexibility index (Phi) is 7.03. The van der Waals surface area contributed by atoms with Crippen LogP contribution in [0.4, 0.5) is 23.5 Å². The van der Waals surface area contributed by atoms with E-state index in [2.05, 4.69) is 30.5 Å². The maximum absolute atomic E-state index is 8.99. The van der Waals surface area contributed by atoms with Crippen LogP contribution < -0.4 is 20.3 Å². The predicted molar refractivity (Wildman–Crippen MR) is 100 cm³/mol. The van der Waals surface area contributed by atoms with E-state index in [1.54, 1.807) is 7.11 Å². The second-order valence-electron chi connectivity index (χ2n) is 5.48. The molecular formula is C16H23ClN6O2. The summed E-state index contributed by atoms with van der Waals surface area (Å²) >= 11 is 0. The van der Waals surface area contributed by atoms with Gasteiger partial charge < -0.3 is 25.4 Å². The third-order valence-electron chi connectivity index (χ3n) is 3.75. The lowest BCUT2D eigenvalue weighted by atomic mass is 10.3. The molecule has 1 aliphatic rings. The van der Waals surface area contributed by atoms with E-state index in [9.17, 15) is 0 Å². The molecule has 1 aromatic heterocycles. The number of aliphatic hydroxyl groups is 1. The van der Waals surface area contributed by atoms with Crippen LogP contribution >= 0.6 is 12.4 Å². The number of ether oxygens (including phenoxy) is 1. The van der Waals surface area contributed by atoms with Crippen LogP contribution in [0.1, 0.15) is 12.8 Å². The Labute approximate surface area is 153 Å². The van der Waals surface area contributed by atoms with Gasteiger partial charge in [-0.25, -0.2) is 0 Å². The van der Waals surface area contributed by atoms with Crippen LogP contribution in [0.15, 0.2) is 24.3 Å². The highest BCUT2D eigenvalue weighted by atomic mass is 35.5. The summed E-state index contributed by atoms with van der Waals surface area (Å²) in [5, 5.41) is 15.2. The van der Waals surface area contributed by atoms with Gasteiger partial charge in [-0.05, 0) is 37.1 Å². The van der Waals surface area contributed by atoms with Crippen LogP contribution in [-0.4, -0.2) is 53.4 Å². The van der Waals surface area contributed by atoms with Gasteiger partial charge in [0.2, 0.25) is 17.8 Å². The van der Waals surface area contributed by atoms with Crippen LogP contribution in [0.3, 0.4) is 0 Å². The zero-order valence-corrected chi connectivity index (χ0v) is 14.9. The largest absolute Gasteiger partial charge is 0.497 e. The molecule has 3 rings (SSSR count). The topological polar surface area (TPSA) is 95.4 Å². The first-order valence-electron chi connectivity index (χ1n) is 8.05. The van der Waals surface area contributed by atoms with Crippen LogP contribution in [0.25, 0.3) is 0 Å². The molecule has 2 heterocycles. The first kappa shape index (κ1) is 19.0. The van der Waals surface area contributed by atoms with Gasteiger partial charge in [-0.15, -0.1) is 12.4 Å². The van der Waals surface area contributed by atoms with Crippen molar-refractivity contribution in [1.29, 1.82) is 0 Å². The summed E-state index contributed by atoms with van der Waals surface area (Å²) in [6.45, 7) is 2.31.